The Balaban J connectivity index is 2.75. The van der Waals surface area contributed by atoms with Crippen LogP contribution in [0.5, 0.6) is 0 Å². The smallest absolute Gasteiger partial charge is 0.313 e. The van der Waals surface area contributed by atoms with Gasteiger partial charge in [0.05, 0.1) is 5.75 Å². The molecule has 0 bridgehead atoms. The predicted molar refractivity (Wildman–Crippen MR) is 73.2 cm³/mol. The SMILES string of the molecule is CCCOCc1nnc(SCC(=O)O)n1CC(C)C. The highest BCUT2D eigenvalue weighted by Gasteiger charge is 2.14. The number of aliphatic carboxylic acids is 1. The highest BCUT2D eigenvalue weighted by atomic mass is 32.2. The standard InChI is InChI=1S/C12H21N3O3S/c1-4-5-18-7-10-13-14-12(19-8-11(16)17)15(10)6-9(2)3/h9H,4-8H2,1-3H3,(H,16,17). The molecule has 108 valence electrons. The van der Waals surface area contributed by atoms with Gasteiger partial charge in [0.1, 0.15) is 6.61 Å². The average Bonchev–Trinajstić information content (AvgIpc) is 2.69. The molecule has 0 unspecified atom stereocenters. The Labute approximate surface area is 117 Å². The summed E-state index contributed by atoms with van der Waals surface area (Å²) in [6.07, 6.45) is 0.957. The zero-order chi connectivity index (χ0) is 14.3. The van der Waals surface area contributed by atoms with Crippen molar-refractivity contribution in [2.24, 2.45) is 5.92 Å². The lowest BCUT2D eigenvalue weighted by Gasteiger charge is -2.12. The summed E-state index contributed by atoms with van der Waals surface area (Å²) in [5.74, 6) is 0.333. The van der Waals surface area contributed by atoms with Crippen molar-refractivity contribution in [3.63, 3.8) is 0 Å². The molecular weight excluding hydrogens is 266 g/mol. The first-order valence-electron chi connectivity index (χ1n) is 6.39. The molecule has 1 heterocycles. The third kappa shape index (κ3) is 5.61. The molecule has 0 atom stereocenters. The van der Waals surface area contributed by atoms with E-state index in [0.717, 1.165) is 18.8 Å². The quantitative estimate of drug-likeness (QED) is 0.553. The first kappa shape index (κ1) is 16.0. The fourth-order valence-electron chi connectivity index (χ4n) is 1.52. The molecule has 0 saturated heterocycles. The lowest BCUT2D eigenvalue weighted by Crippen LogP contribution is -2.12. The minimum Gasteiger partial charge on any atom is -0.481 e. The van der Waals surface area contributed by atoms with Gasteiger partial charge in [-0.25, -0.2) is 0 Å². The van der Waals surface area contributed by atoms with Gasteiger partial charge in [0.15, 0.2) is 11.0 Å². The van der Waals surface area contributed by atoms with E-state index >= 15 is 0 Å². The number of carboxylic acid groups (broad SMARTS) is 1. The summed E-state index contributed by atoms with van der Waals surface area (Å²) >= 11 is 1.19. The number of hydrogen-bond donors (Lipinski definition) is 1. The Kier molecular flexibility index (Phi) is 6.86. The fourth-order valence-corrected chi connectivity index (χ4v) is 2.20. The van der Waals surface area contributed by atoms with E-state index in [1.54, 1.807) is 0 Å². The summed E-state index contributed by atoms with van der Waals surface area (Å²) in [5.41, 5.74) is 0. The lowest BCUT2D eigenvalue weighted by atomic mass is 10.2. The van der Waals surface area contributed by atoms with Crippen LogP contribution in [0.4, 0.5) is 0 Å². The maximum absolute atomic E-state index is 10.6. The molecule has 6 nitrogen and oxygen atoms in total. The van der Waals surface area contributed by atoms with Gasteiger partial charge >= 0.3 is 5.97 Å². The van der Waals surface area contributed by atoms with Crippen molar-refractivity contribution in [3.05, 3.63) is 5.82 Å². The monoisotopic (exact) mass is 287 g/mol. The van der Waals surface area contributed by atoms with E-state index in [1.807, 2.05) is 11.5 Å². The maximum Gasteiger partial charge on any atom is 0.313 e. The number of aromatic nitrogens is 3. The Morgan fingerprint density at radius 3 is 2.79 bits per heavy atom. The highest BCUT2D eigenvalue weighted by molar-refractivity contribution is 7.99. The molecule has 0 fully saturated rings. The average molecular weight is 287 g/mol. The molecule has 0 saturated carbocycles. The first-order chi connectivity index (χ1) is 9.04. The van der Waals surface area contributed by atoms with Gasteiger partial charge < -0.3 is 14.4 Å². The van der Waals surface area contributed by atoms with Gasteiger partial charge in [-0.1, -0.05) is 32.5 Å². The molecule has 7 heteroatoms. The number of rotatable bonds is 9. The third-order valence-electron chi connectivity index (χ3n) is 2.25. The molecule has 0 aromatic carbocycles. The van der Waals surface area contributed by atoms with Gasteiger partial charge in [-0.2, -0.15) is 0 Å². The molecule has 0 amide bonds. The normalized spacial score (nSPS) is 11.2. The molecule has 19 heavy (non-hydrogen) atoms. The summed E-state index contributed by atoms with van der Waals surface area (Å²) < 4.78 is 7.43. The van der Waals surface area contributed by atoms with Crippen LogP contribution in [-0.4, -0.2) is 38.2 Å². The molecule has 0 radical (unpaired) electrons. The Morgan fingerprint density at radius 2 is 2.21 bits per heavy atom. The van der Waals surface area contributed by atoms with Crippen molar-refractivity contribution in [1.82, 2.24) is 14.8 Å². The number of thioether (sulfide) groups is 1. The minimum atomic E-state index is -0.854. The van der Waals surface area contributed by atoms with Crippen LogP contribution in [0.2, 0.25) is 0 Å². The van der Waals surface area contributed by atoms with E-state index in [9.17, 15) is 4.79 Å². The van der Waals surface area contributed by atoms with Crippen LogP contribution in [0.25, 0.3) is 0 Å². The summed E-state index contributed by atoms with van der Waals surface area (Å²) in [7, 11) is 0. The Morgan fingerprint density at radius 1 is 1.47 bits per heavy atom. The molecule has 0 aliphatic carbocycles. The third-order valence-corrected chi connectivity index (χ3v) is 3.20. The van der Waals surface area contributed by atoms with Crippen LogP contribution in [-0.2, 0) is 22.7 Å². The van der Waals surface area contributed by atoms with Crippen molar-refractivity contribution in [1.29, 1.82) is 0 Å². The summed E-state index contributed by atoms with van der Waals surface area (Å²) in [6.45, 7) is 8.12. The van der Waals surface area contributed by atoms with Crippen molar-refractivity contribution >= 4 is 17.7 Å². The molecular formula is C12H21N3O3S. The predicted octanol–water partition coefficient (Wildman–Crippen LogP) is 2.04. The van der Waals surface area contributed by atoms with Gasteiger partial charge in [-0.05, 0) is 12.3 Å². The van der Waals surface area contributed by atoms with Crippen LogP contribution in [0.1, 0.15) is 33.0 Å². The van der Waals surface area contributed by atoms with Crippen LogP contribution in [0.15, 0.2) is 5.16 Å². The van der Waals surface area contributed by atoms with Crippen molar-refractivity contribution in [3.8, 4) is 0 Å². The molecule has 1 rings (SSSR count). The van der Waals surface area contributed by atoms with Crippen LogP contribution in [0, 0.1) is 5.92 Å². The maximum atomic E-state index is 10.6. The molecule has 1 aromatic rings. The van der Waals surface area contributed by atoms with Gasteiger partial charge in [0.25, 0.3) is 0 Å². The number of hydrogen-bond acceptors (Lipinski definition) is 5. The Hall–Kier alpha value is -1.08. The van der Waals surface area contributed by atoms with E-state index in [-0.39, 0.29) is 5.75 Å². The zero-order valence-electron chi connectivity index (χ0n) is 11.6. The van der Waals surface area contributed by atoms with E-state index in [4.69, 9.17) is 9.84 Å². The summed E-state index contributed by atoms with van der Waals surface area (Å²) in [5, 5.41) is 17.5. The lowest BCUT2D eigenvalue weighted by molar-refractivity contribution is -0.133. The fraction of sp³-hybridized carbons (Fsp3) is 0.750. The molecule has 0 aliphatic heterocycles. The highest BCUT2D eigenvalue weighted by Crippen LogP contribution is 2.19. The number of nitrogens with zero attached hydrogens (tertiary/aromatic N) is 3. The van der Waals surface area contributed by atoms with Gasteiger partial charge in [-0.15, -0.1) is 10.2 Å². The number of carbonyl (C=O) groups is 1. The van der Waals surface area contributed by atoms with E-state index in [0.29, 0.717) is 24.3 Å². The second-order valence-corrected chi connectivity index (χ2v) is 5.58. The van der Waals surface area contributed by atoms with E-state index in [2.05, 4.69) is 24.0 Å². The Bertz CT molecular complexity index is 407. The van der Waals surface area contributed by atoms with Crippen molar-refractivity contribution in [2.75, 3.05) is 12.4 Å². The molecule has 0 aliphatic rings. The zero-order valence-corrected chi connectivity index (χ0v) is 12.4. The van der Waals surface area contributed by atoms with Crippen LogP contribution >= 0.6 is 11.8 Å². The van der Waals surface area contributed by atoms with Gasteiger partial charge in [-0.3, -0.25) is 4.79 Å². The van der Waals surface area contributed by atoms with Gasteiger partial charge in [0, 0.05) is 13.2 Å². The number of carboxylic acids is 1. The van der Waals surface area contributed by atoms with E-state index < -0.39 is 5.97 Å². The van der Waals surface area contributed by atoms with Crippen molar-refractivity contribution < 1.29 is 14.6 Å². The van der Waals surface area contributed by atoms with Gasteiger partial charge in [0.2, 0.25) is 0 Å². The second kappa shape index (κ2) is 8.16. The molecule has 0 spiro atoms. The molecule has 1 aromatic heterocycles. The van der Waals surface area contributed by atoms with E-state index in [1.165, 1.54) is 11.8 Å². The second-order valence-electron chi connectivity index (χ2n) is 4.64. The van der Waals surface area contributed by atoms with Crippen LogP contribution in [0.3, 0.4) is 0 Å². The number of ether oxygens (including phenoxy) is 1. The molecule has 1 N–H and O–H groups in total. The first-order valence-corrected chi connectivity index (χ1v) is 7.37. The van der Waals surface area contributed by atoms with Crippen molar-refractivity contribution in [2.45, 2.75) is 45.5 Å². The summed E-state index contributed by atoms with van der Waals surface area (Å²) in [4.78, 5) is 10.6. The largest absolute Gasteiger partial charge is 0.481 e. The van der Waals surface area contributed by atoms with Crippen LogP contribution < -0.4 is 0 Å². The summed E-state index contributed by atoms with van der Waals surface area (Å²) in [6, 6.07) is 0. The topological polar surface area (TPSA) is 77.2 Å². The minimum absolute atomic E-state index is 0.00789.